The van der Waals surface area contributed by atoms with Crippen LogP contribution in [0.3, 0.4) is 0 Å². The van der Waals surface area contributed by atoms with Crippen molar-refractivity contribution in [3.05, 3.63) is 0 Å². The van der Waals surface area contributed by atoms with Gasteiger partial charge in [0.05, 0.1) is 12.2 Å². The number of aliphatic hydroxyl groups excluding tert-OH is 1. The summed E-state index contributed by atoms with van der Waals surface area (Å²) in [5.74, 6) is 3.59. The molecule has 1 N–H and O–H groups in total. The highest BCUT2D eigenvalue weighted by Gasteiger charge is 2.69. The molecular weight excluding hydrogens is 300 g/mol. The van der Waals surface area contributed by atoms with Crippen molar-refractivity contribution >= 4 is 5.78 Å². The third-order valence-electron chi connectivity index (χ3n) is 9.50. The van der Waals surface area contributed by atoms with Crippen LogP contribution in [0.4, 0.5) is 0 Å². The standard InChI is InChI=1S/C21H32O3/c1-11(22)14-6-7-15-13-5-4-12-10-17(23)18-19(24-18)21(12,3)16(13)8-9-20(14,15)2/h12-19,23H,4-10H2,1-3H3/t12?,13-,14+,15-,16-,17?,18?,19?,20+,21-/m0/s1. The van der Waals surface area contributed by atoms with Gasteiger partial charge in [0.2, 0.25) is 0 Å². The lowest BCUT2D eigenvalue weighted by molar-refractivity contribution is -0.135. The minimum Gasteiger partial charge on any atom is -0.390 e. The highest BCUT2D eigenvalue weighted by Crippen LogP contribution is 2.69. The summed E-state index contributed by atoms with van der Waals surface area (Å²) in [4.78, 5) is 12.2. The van der Waals surface area contributed by atoms with Crippen LogP contribution < -0.4 is 0 Å². The molecule has 5 aliphatic rings. The molecule has 10 atom stereocenters. The van der Waals surface area contributed by atoms with Crippen molar-refractivity contribution in [2.24, 2.45) is 40.4 Å². The van der Waals surface area contributed by atoms with Crippen LogP contribution in [0, 0.1) is 40.4 Å². The average Bonchev–Trinajstić information content (AvgIpc) is 3.26. The van der Waals surface area contributed by atoms with Crippen LogP contribution in [-0.4, -0.2) is 29.2 Å². The molecule has 4 aliphatic carbocycles. The minimum atomic E-state index is -0.230. The maximum Gasteiger partial charge on any atom is 0.133 e. The molecule has 1 heterocycles. The quantitative estimate of drug-likeness (QED) is 0.747. The summed E-state index contributed by atoms with van der Waals surface area (Å²) in [6.07, 6.45) is 8.52. The maximum atomic E-state index is 12.2. The van der Waals surface area contributed by atoms with Crippen molar-refractivity contribution in [1.82, 2.24) is 0 Å². The van der Waals surface area contributed by atoms with Gasteiger partial charge in [-0.05, 0) is 81.0 Å². The monoisotopic (exact) mass is 332 g/mol. The van der Waals surface area contributed by atoms with Crippen LogP contribution in [0.25, 0.3) is 0 Å². The molecule has 4 unspecified atom stereocenters. The third kappa shape index (κ3) is 1.79. The number of carbonyl (C=O) groups excluding carboxylic acids is 1. The van der Waals surface area contributed by atoms with E-state index in [4.69, 9.17) is 4.74 Å². The second kappa shape index (κ2) is 4.85. The molecule has 0 aromatic carbocycles. The van der Waals surface area contributed by atoms with Crippen molar-refractivity contribution in [3.63, 3.8) is 0 Å². The zero-order chi connectivity index (χ0) is 16.9. The minimum absolute atomic E-state index is 0.117. The molecule has 1 aliphatic heterocycles. The Bertz CT molecular complexity index is 573. The van der Waals surface area contributed by atoms with E-state index >= 15 is 0 Å². The second-order valence-electron chi connectivity index (χ2n) is 10.1. The molecule has 1 saturated heterocycles. The number of fused-ring (bicyclic) bond motifs is 7. The van der Waals surface area contributed by atoms with Crippen LogP contribution in [0.1, 0.15) is 65.7 Å². The number of ketones is 1. The van der Waals surface area contributed by atoms with Gasteiger partial charge in [0, 0.05) is 11.3 Å². The maximum absolute atomic E-state index is 12.2. The van der Waals surface area contributed by atoms with Gasteiger partial charge >= 0.3 is 0 Å². The van der Waals surface area contributed by atoms with Gasteiger partial charge in [0.15, 0.2) is 0 Å². The van der Waals surface area contributed by atoms with Crippen molar-refractivity contribution in [3.8, 4) is 0 Å². The molecule has 0 aromatic heterocycles. The Hall–Kier alpha value is -0.410. The van der Waals surface area contributed by atoms with E-state index < -0.39 is 0 Å². The number of epoxide rings is 1. The Labute approximate surface area is 145 Å². The molecule has 0 amide bonds. The summed E-state index contributed by atoms with van der Waals surface area (Å²) in [6.45, 7) is 6.71. The molecule has 5 rings (SSSR count). The predicted molar refractivity (Wildman–Crippen MR) is 91.3 cm³/mol. The van der Waals surface area contributed by atoms with E-state index in [-0.39, 0.29) is 23.0 Å². The van der Waals surface area contributed by atoms with Gasteiger partial charge in [0.1, 0.15) is 11.9 Å². The first kappa shape index (κ1) is 15.8. The lowest BCUT2D eigenvalue weighted by atomic mass is 9.44. The first-order valence-corrected chi connectivity index (χ1v) is 10.2. The largest absolute Gasteiger partial charge is 0.390 e. The van der Waals surface area contributed by atoms with Crippen LogP contribution in [-0.2, 0) is 9.53 Å². The first-order valence-electron chi connectivity index (χ1n) is 10.2. The summed E-state index contributed by atoms with van der Waals surface area (Å²) in [6, 6.07) is 0. The van der Waals surface area contributed by atoms with Gasteiger partial charge in [-0.15, -0.1) is 0 Å². The Morgan fingerprint density at radius 2 is 1.88 bits per heavy atom. The van der Waals surface area contributed by atoms with E-state index in [1.807, 2.05) is 6.92 Å². The molecule has 3 nitrogen and oxygen atoms in total. The molecule has 0 spiro atoms. The zero-order valence-corrected chi connectivity index (χ0v) is 15.3. The number of rotatable bonds is 1. The van der Waals surface area contributed by atoms with E-state index in [0.717, 1.165) is 30.6 Å². The highest BCUT2D eigenvalue weighted by molar-refractivity contribution is 5.79. The fourth-order valence-electron chi connectivity index (χ4n) is 8.30. The predicted octanol–water partition coefficient (Wildman–Crippen LogP) is 3.58. The van der Waals surface area contributed by atoms with Crippen LogP contribution in [0.2, 0.25) is 0 Å². The number of carbonyl (C=O) groups is 1. The molecule has 24 heavy (non-hydrogen) atoms. The highest BCUT2D eigenvalue weighted by atomic mass is 16.6. The Morgan fingerprint density at radius 1 is 1.08 bits per heavy atom. The van der Waals surface area contributed by atoms with E-state index in [1.54, 1.807) is 0 Å². The summed E-state index contributed by atoms with van der Waals surface area (Å²) in [7, 11) is 0. The average molecular weight is 332 g/mol. The van der Waals surface area contributed by atoms with Crippen LogP contribution >= 0.6 is 0 Å². The number of ether oxygens (including phenoxy) is 1. The smallest absolute Gasteiger partial charge is 0.133 e. The Morgan fingerprint density at radius 3 is 2.62 bits per heavy atom. The molecular formula is C21H32O3. The molecule has 0 bridgehead atoms. The zero-order valence-electron chi connectivity index (χ0n) is 15.3. The normalized spacial score (nSPS) is 61.3. The summed E-state index contributed by atoms with van der Waals surface area (Å²) in [5, 5.41) is 10.3. The van der Waals surface area contributed by atoms with Crippen molar-refractivity contribution < 1.29 is 14.6 Å². The van der Waals surface area contributed by atoms with Gasteiger partial charge in [-0.3, -0.25) is 4.79 Å². The van der Waals surface area contributed by atoms with E-state index in [2.05, 4.69) is 13.8 Å². The van der Waals surface area contributed by atoms with E-state index in [9.17, 15) is 9.90 Å². The number of hydrogen-bond donors (Lipinski definition) is 1. The van der Waals surface area contributed by atoms with Crippen molar-refractivity contribution in [2.45, 2.75) is 84.0 Å². The molecule has 134 valence electrons. The number of aliphatic hydroxyl groups is 1. The second-order valence-corrected chi connectivity index (χ2v) is 10.1. The fraction of sp³-hybridized carbons (Fsp3) is 0.952. The van der Waals surface area contributed by atoms with Crippen molar-refractivity contribution in [2.75, 3.05) is 0 Å². The summed E-state index contributed by atoms with van der Waals surface area (Å²) in [5.41, 5.74) is 0.511. The van der Waals surface area contributed by atoms with Crippen molar-refractivity contribution in [1.29, 1.82) is 0 Å². The van der Waals surface area contributed by atoms with Gasteiger partial charge in [-0.2, -0.15) is 0 Å². The molecule has 0 aromatic rings. The summed E-state index contributed by atoms with van der Waals surface area (Å²) >= 11 is 0. The Balaban J connectivity index is 1.47. The molecule has 3 heteroatoms. The molecule has 4 saturated carbocycles. The number of Topliss-reactive ketones (excluding diaryl/α,β-unsaturated/α-hetero) is 1. The van der Waals surface area contributed by atoms with Gasteiger partial charge < -0.3 is 9.84 Å². The fourth-order valence-corrected chi connectivity index (χ4v) is 8.30. The van der Waals surface area contributed by atoms with Gasteiger partial charge in [-0.1, -0.05) is 13.8 Å². The van der Waals surface area contributed by atoms with Gasteiger partial charge in [0.25, 0.3) is 0 Å². The van der Waals surface area contributed by atoms with E-state index in [1.165, 1.54) is 32.1 Å². The lowest BCUT2D eigenvalue weighted by Crippen LogP contribution is -2.57. The first-order chi connectivity index (χ1) is 11.4. The topological polar surface area (TPSA) is 49.8 Å². The molecule has 5 fully saturated rings. The molecule has 0 radical (unpaired) electrons. The van der Waals surface area contributed by atoms with E-state index in [0.29, 0.717) is 23.7 Å². The lowest BCUT2D eigenvalue weighted by Gasteiger charge is -2.59. The summed E-state index contributed by atoms with van der Waals surface area (Å²) < 4.78 is 6.00. The SMILES string of the molecule is CC(=O)[C@H]1CC[C@H]2[C@@H]3CCC4CC(O)C5OC5[C@]4(C)[C@H]3CC[C@]12C. The van der Waals surface area contributed by atoms with Crippen LogP contribution in [0.5, 0.6) is 0 Å². The third-order valence-corrected chi connectivity index (χ3v) is 9.50. The Kier molecular flexibility index (Phi) is 3.20. The van der Waals surface area contributed by atoms with Gasteiger partial charge in [-0.25, -0.2) is 0 Å². The number of hydrogen-bond acceptors (Lipinski definition) is 3. The van der Waals surface area contributed by atoms with Crippen LogP contribution in [0.15, 0.2) is 0 Å².